The van der Waals surface area contributed by atoms with Crippen molar-refractivity contribution < 1.29 is 14.3 Å². The van der Waals surface area contributed by atoms with Gasteiger partial charge in [0.15, 0.2) is 5.76 Å². The Kier molecular flexibility index (Phi) is 5.13. The normalized spacial score (nSPS) is 40.2. The number of allylic oxidation sites excluding steroid dienone is 3. The molecule has 3 nitrogen and oxygen atoms in total. The lowest BCUT2D eigenvalue weighted by molar-refractivity contribution is -0.114. The molecule has 5 unspecified atom stereocenters. The third-order valence-corrected chi connectivity index (χ3v) is 7.09. The highest BCUT2D eigenvalue weighted by molar-refractivity contribution is 6.05. The summed E-state index contributed by atoms with van der Waals surface area (Å²) in [5.74, 6) is 3.69. The molecule has 0 spiro atoms. The summed E-state index contributed by atoms with van der Waals surface area (Å²) in [7, 11) is 3.19. The molecule has 0 saturated heterocycles. The molecule has 0 N–H and O–H groups in total. The minimum absolute atomic E-state index is 0.122. The second-order valence-corrected chi connectivity index (χ2v) is 8.47. The van der Waals surface area contributed by atoms with Crippen molar-refractivity contribution in [3.05, 3.63) is 35.3 Å². The average molecular weight is 344 g/mol. The summed E-state index contributed by atoms with van der Waals surface area (Å²) >= 11 is 0. The molecule has 0 aromatic rings. The molecule has 2 saturated carbocycles. The molecule has 0 bridgehead atoms. The first-order valence-corrected chi connectivity index (χ1v) is 9.68. The highest BCUT2D eigenvalue weighted by Gasteiger charge is 2.49. The van der Waals surface area contributed by atoms with Crippen LogP contribution in [0.2, 0.25) is 0 Å². The molecule has 3 heteroatoms. The van der Waals surface area contributed by atoms with E-state index in [1.54, 1.807) is 20.3 Å². The van der Waals surface area contributed by atoms with E-state index in [1.165, 1.54) is 32.1 Å². The van der Waals surface area contributed by atoms with Crippen LogP contribution in [0, 0.1) is 29.1 Å². The summed E-state index contributed by atoms with van der Waals surface area (Å²) < 4.78 is 10.8. The predicted octanol–water partition coefficient (Wildman–Crippen LogP) is 5.04. The maximum atomic E-state index is 12.1. The number of fused-ring (bicyclic) bond motifs is 1. The second-order valence-electron chi connectivity index (χ2n) is 8.47. The van der Waals surface area contributed by atoms with Crippen LogP contribution in [0.25, 0.3) is 0 Å². The van der Waals surface area contributed by atoms with Gasteiger partial charge in [-0.1, -0.05) is 39.7 Å². The average Bonchev–Trinajstić information content (AvgIpc) is 2.58. The summed E-state index contributed by atoms with van der Waals surface area (Å²) in [4.78, 5) is 12.1. The van der Waals surface area contributed by atoms with Crippen molar-refractivity contribution >= 4 is 5.78 Å². The summed E-state index contributed by atoms with van der Waals surface area (Å²) in [6.45, 7) is 7.31. The molecule has 0 aromatic heterocycles. The van der Waals surface area contributed by atoms with Gasteiger partial charge in [-0.25, -0.2) is 0 Å². The zero-order valence-corrected chi connectivity index (χ0v) is 16.3. The van der Waals surface area contributed by atoms with E-state index in [2.05, 4.69) is 26.8 Å². The van der Waals surface area contributed by atoms with E-state index in [0.29, 0.717) is 28.8 Å². The zero-order chi connectivity index (χ0) is 18.2. The SMILES string of the molecule is COC1=C/C(=C\C2C(C)CCC3C(C)CCCC23C)C(OC)=CC1=O. The fraction of sp³-hybridized carbons (Fsp3) is 0.682. The van der Waals surface area contributed by atoms with E-state index in [4.69, 9.17) is 9.47 Å². The minimum Gasteiger partial charge on any atom is -0.496 e. The van der Waals surface area contributed by atoms with Gasteiger partial charge in [-0.2, -0.15) is 0 Å². The van der Waals surface area contributed by atoms with Gasteiger partial charge in [-0.15, -0.1) is 0 Å². The number of methoxy groups -OCH3 is 2. The Hall–Kier alpha value is -1.51. The third-order valence-electron chi connectivity index (χ3n) is 7.09. The number of hydrogen-bond donors (Lipinski definition) is 0. The lowest BCUT2D eigenvalue weighted by Crippen LogP contribution is -2.47. The van der Waals surface area contributed by atoms with Crippen LogP contribution >= 0.6 is 0 Å². The van der Waals surface area contributed by atoms with Crippen LogP contribution in [-0.2, 0) is 14.3 Å². The van der Waals surface area contributed by atoms with Gasteiger partial charge in [0, 0.05) is 11.6 Å². The monoisotopic (exact) mass is 344 g/mol. The van der Waals surface area contributed by atoms with E-state index in [1.807, 2.05) is 6.08 Å². The van der Waals surface area contributed by atoms with Crippen molar-refractivity contribution in [2.75, 3.05) is 14.2 Å². The number of carbonyl (C=O) groups excluding carboxylic acids is 1. The van der Waals surface area contributed by atoms with Crippen LogP contribution in [-0.4, -0.2) is 20.0 Å². The number of rotatable bonds is 3. The number of hydrogen-bond acceptors (Lipinski definition) is 3. The van der Waals surface area contributed by atoms with Crippen molar-refractivity contribution in [3.8, 4) is 0 Å². The Morgan fingerprint density at radius 1 is 1.04 bits per heavy atom. The van der Waals surface area contributed by atoms with Gasteiger partial charge in [0.05, 0.1) is 14.2 Å². The quantitative estimate of drug-likeness (QED) is 0.719. The van der Waals surface area contributed by atoms with Crippen LogP contribution in [0.5, 0.6) is 0 Å². The van der Waals surface area contributed by atoms with Crippen molar-refractivity contribution in [2.24, 2.45) is 29.1 Å². The lowest BCUT2D eigenvalue weighted by Gasteiger charge is -2.55. The predicted molar refractivity (Wildman–Crippen MR) is 99.8 cm³/mol. The Balaban J connectivity index is 2.00. The van der Waals surface area contributed by atoms with Gasteiger partial charge in [0.1, 0.15) is 5.76 Å². The fourth-order valence-corrected chi connectivity index (χ4v) is 5.71. The summed E-state index contributed by atoms with van der Waals surface area (Å²) in [5, 5.41) is 0. The largest absolute Gasteiger partial charge is 0.496 e. The molecular weight excluding hydrogens is 312 g/mol. The number of ketones is 1. The maximum absolute atomic E-state index is 12.1. The Morgan fingerprint density at radius 2 is 1.76 bits per heavy atom. The first-order valence-electron chi connectivity index (χ1n) is 9.68. The van der Waals surface area contributed by atoms with Crippen molar-refractivity contribution in [1.29, 1.82) is 0 Å². The first kappa shape index (κ1) is 18.3. The molecule has 3 aliphatic carbocycles. The molecule has 0 aliphatic heterocycles. The molecule has 3 rings (SSSR count). The third kappa shape index (κ3) is 3.18. The summed E-state index contributed by atoms with van der Waals surface area (Å²) in [5.41, 5.74) is 1.33. The fourth-order valence-electron chi connectivity index (χ4n) is 5.71. The number of ether oxygens (including phenoxy) is 2. The van der Waals surface area contributed by atoms with Crippen LogP contribution < -0.4 is 0 Å². The maximum Gasteiger partial charge on any atom is 0.224 e. The highest BCUT2D eigenvalue weighted by Crippen LogP contribution is 2.57. The van der Waals surface area contributed by atoms with Gasteiger partial charge >= 0.3 is 0 Å². The molecular formula is C22H32O3. The standard InChI is InChI=1S/C22H32O3/c1-14-7-6-10-22(3)17(14)9-8-15(2)18(22)11-16-12-21(25-5)19(23)13-20(16)24-4/h11-15,17-18H,6-10H2,1-5H3/b16-11+. The lowest BCUT2D eigenvalue weighted by atomic mass is 9.50. The van der Waals surface area contributed by atoms with Gasteiger partial charge < -0.3 is 9.47 Å². The highest BCUT2D eigenvalue weighted by atomic mass is 16.5. The smallest absolute Gasteiger partial charge is 0.224 e. The van der Waals surface area contributed by atoms with Crippen LogP contribution in [0.4, 0.5) is 0 Å². The van der Waals surface area contributed by atoms with E-state index in [-0.39, 0.29) is 5.78 Å². The van der Waals surface area contributed by atoms with Crippen LogP contribution in [0.1, 0.15) is 52.9 Å². The topological polar surface area (TPSA) is 35.5 Å². The van der Waals surface area contributed by atoms with Gasteiger partial charge in [0.2, 0.25) is 5.78 Å². The Bertz CT molecular complexity index is 627. The van der Waals surface area contributed by atoms with E-state index < -0.39 is 0 Å². The molecule has 2 fully saturated rings. The van der Waals surface area contributed by atoms with E-state index >= 15 is 0 Å². The van der Waals surface area contributed by atoms with E-state index in [0.717, 1.165) is 17.4 Å². The molecule has 0 radical (unpaired) electrons. The molecule has 0 heterocycles. The first-order chi connectivity index (χ1) is 11.9. The van der Waals surface area contributed by atoms with Gasteiger partial charge in [-0.05, 0) is 54.4 Å². The van der Waals surface area contributed by atoms with Crippen LogP contribution in [0.15, 0.2) is 35.3 Å². The minimum atomic E-state index is -0.122. The van der Waals surface area contributed by atoms with Gasteiger partial charge in [0.25, 0.3) is 0 Å². The molecule has 0 aromatic carbocycles. The molecule has 5 atom stereocenters. The molecule has 0 amide bonds. The van der Waals surface area contributed by atoms with Crippen molar-refractivity contribution in [1.82, 2.24) is 0 Å². The van der Waals surface area contributed by atoms with Crippen molar-refractivity contribution in [2.45, 2.75) is 52.9 Å². The molecule has 25 heavy (non-hydrogen) atoms. The zero-order valence-electron chi connectivity index (χ0n) is 16.3. The van der Waals surface area contributed by atoms with Crippen molar-refractivity contribution in [3.63, 3.8) is 0 Å². The Morgan fingerprint density at radius 3 is 2.44 bits per heavy atom. The molecule has 138 valence electrons. The summed E-state index contributed by atoms with van der Waals surface area (Å²) in [6.07, 6.45) is 12.4. The van der Waals surface area contributed by atoms with Gasteiger partial charge in [-0.3, -0.25) is 4.79 Å². The van der Waals surface area contributed by atoms with E-state index in [9.17, 15) is 4.79 Å². The number of carbonyl (C=O) groups is 1. The second kappa shape index (κ2) is 7.01. The Labute approximate surface area is 152 Å². The summed E-state index contributed by atoms with van der Waals surface area (Å²) in [6, 6.07) is 0. The van der Waals surface area contributed by atoms with Crippen LogP contribution in [0.3, 0.4) is 0 Å². The molecule has 3 aliphatic rings.